The van der Waals surface area contributed by atoms with Crippen LogP contribution in [0.5, 0.6) is 0 Å². The van der Waals surface area contributed by atoms with E-state index in [1.165, 1.54) is 19.1 Å². The first-order valence-electron chi connectivity index (χ1n) is 7.38. The molecule has 21 heavy (non-hydrogen) atoms. The molecule has 1 saturated carbocycles. The third-order valence-electron chi connectivity index (χ3n) is 4.08. The van der Waals surface area contributed by atoms with E-state index in [1.54, 1.807) is 11.4 Å². The molecule has 1 aliphatic heterocycles. The first-order chi connectivity index (χ1) is 9.49. The van der Waals surface area contributed by atoms with Gasteiger partial charge >= 0.3 is 0 Å². The van der Waals surface area contributed by atoms with Crippen LogP contribution in [0.1, 0.15) is 25.7 Å². The summed E-state index contributed by atoms with van der Waals surface area (Å²) in [5, 5.41) is 6.68. The highest BCUT2D eigenvalue weighted by molar-refractivity contribution is 14.0. The molecule has 8 heteroatoms. The number of sulfonamides is 1. The topological polar surface area (TPSA) is 73.8 Å². The van der Waals surface area contributed by atoms with Gasteiger partial charge in [-0.05, 0) is 37.5 Å². The Labute approximate surface area is 145 Å². The number of nitrogens with zero attached hydrogens (tertiary/aromatic N) is 2. The summed E-state index contributed by atoms with van der Waals surface area (Å²) < 4.78 is 24.5. The maximum atomic E-state index is 11.4. The van der Waals surface area contributed by atoms with Gasteiger partial charge < -0.3 is 10.6 Å². The lowest BCUT2D eigenvalue weighted by atomic mass is 9.98. The number of hydrogen-bond donors (Lipinski definition) is 2. The molecule has 1 saturated heterocycles. The maximum absolute atomic E-state index is 11.4. The Morgan fingerprint density at radius 3 is 1.95 bits per heavy atom. The Hall–Kier alpha value is -0.0900. The molecule has 0 aromatic carbocycles. The summed E-state index contributed by atoms with van der Waals surface area (Å²) in [7, 11) is -1.23. The highest BCUT2D eigenvalue weighted by Gasteiger charge is 2.25. The number of halogens is 1. The minimum atomic E-state index is -3.02. The molecule has 0 amide bonds. The van der Waals surface area contributed by atoms with E-state index in [0.717, 1.165) is 37.8 Å². The molecular formula is C13H27IN4O2S. The summed E-state index contributed by atoms with van der Waals surface area (Å²) >= 11 is 0. The van der Waals surface area contributed by atoms with Crippen molar-refractivity contribution in [3.8, 4) is 0 Å². The Kier molecular flexibility index (Phi) is 7.69. The zero-order chi connectivity index (χ0) is 14.6. The van der Waals surface area contributed by atoms with Crippen LogP contribution in [-0.2, 0) is 10.0 Å². The van der Waals surface area contributed by atoms with E-state index in [9.17, 15) is 8.42 Å². The van der Waals surface area contributed by atoms with Gasteiger partial charge in [0.2, 0.25) is 10.0 Å². The fraction of sp³-hybridized carbons (Fsp3) is 0.923. The Balaban J connectivity index is 0.00000220. The normalized spacial score (nSPS) is 21.7. The van der Waals surface area contributed by atoms with E-state index in [2.05, 4.69) is 15.6 Å². The number of rotatable bonds is 5. The van der Waals surface area contributed by atoms with Crippen molar-refractivity contribution in [2.45, 2.75) is 25.7 Å². The average Bonchev–Trinajstić information content (AvgIpc) is 3.22. The summed E-state index contributed by atoms with van der Waals surface area (Å²) in [6.07, 6.45) is 5.77. The Bertz CT molecular complexity index is 443. The van der Waals surface area contributed by atoms with Crippen molar-refractivity contribution < 1.29 is 8.42 Å². The molecule has 0 bridgehead atoms. The summed E-state index contributed by atoms with van der Waals surface area (Å²) in [6.45, 7) is 3.15. The van der Waals surface area contributed by atoms with Crippen molar-refractivity contribution in [3.63, 3.8) is 0 Å². The van der Waals surface area contributed by atoms with E-state index >= 15 is 0 Å². The molecule has 1 aliphatic carbocycles. The van der Waals surface area contributed by atoms with Crippen LogP contribution in [0, 0.1) is 11.8 Å². The molecule has 124 valence electrons. The van der Waals surface area contributed by atoms with Gasteiger partial charge in [-0.15, -0.1) is 24.0 Å². The fourth-order valence-electron chi connectivity index (χ4n) is 2.47. The van der Waals surface area contributed by atoms with Gasteiger partial charge in [-0.25, -0.2) is 12.7 Å². The standard InChI is InChI=1S/C13H26N4O2S.HI/c1-14-13(15-9-11-3-4-11)16-10-12-5-7-17(8-6-12)20(2,18)19;/h11-12H,3-10H2,1-2H3,(H2,14,15,16);1H. The lowest BCUT2D eigenvalue weighted by Crippen LogP contribution is -2.44. The SMILES string of the molecule is CN=C(NCC1CC1)NCC1CCN(S(C)(=O)=O)CC1.I. The predicted octanol–water partition coefficient (Wildman–Crippen LogP) is 0.851. The zero-order valence-electron chi connectivity index (χ0n) is 12.8. The fourth-order valence-corrected chi connectivity index (χ4v) is 3.34. The minimum Gasteiger partial charge on any atom is -0.356 e. The van der Waals surface area contributed by atoms with Gasteiger partial charge in [0.05, 0.1) is 6.26 Å². The first-order valence-corrected chi connectivity index (χ1v) is 9.23. The van der Waals surface area contributed by atoms with Gasteiger partial charge in [0.1, 0.15) is 0 Å². The zero-order valence-corrected chi connectivity index (χ0v) is 16.0. The largest absolute Gasteiger partial charge is 0.356 e. The second-order valence-electron chi connectivity index (χ2n) is 5.88. The van der Waals surface area contributed by atoms with Gasteiger partial charge in [-0.2, -0.15) is 0 Å². The molecule has 2 aliphatic rings. The van der Waals surface area contributed by atoms with Crippen LogP contribution in [0.4, 0.5) is 0 Å². The van der Waals surface area contributed by atoms with Crippen molar-refractivity contribution >= 4 is 40.0 Å². The first kappa shape index (κ1) is 19.0. The monoisotopic (exact) mass is 430 g/mol. The molecule has 1 heterocycles. The van der Waals surface area contributed by atoms with Gasteiger partial charge in [0.25, 0.3) is 0 Å². The van der Waals surface area contributed by atoms with E-state index in [0.29, 0.717) is 19.0 Å². The second-order valence-corrected chi connectivity index (χ2v) is 7.87. The van der Waals surface area contributed by atoms with Crippen LogP contribution in [0.3, 0.4) is 0 Å². The van der Waals surface area contributed by atoms with Crippen LogP contribution < -0.4 is 10.6 Å². The highest BCUT2D eigenvalue weighted by Crippen LogP contribution is 2.27. The number of hydrogen-bond acceptors (Lipinski definition) is 3. The number of aliphatic imine (C=N–C) groups is 1. The molecule has 2 fully saturated rings. The molecule has 2 rings (SSSR count). The third-order valence-corrected chi connectivity index (χ3v) is 5.38. The maximum Gasteiger partial charge on any atom is 0.211 e. The molecule has 0 radical (unpaired) electrons. The minimum absolute atomic E-state index is 0. The molecule has 0 atom stereocenters. The molecule has 0 unspecified atom stereocenters. The van der Waals surface area contributed by atoms with E-state index < -0.39 is 10.0 Å². The lowest BCUT2D eigenvalue weighted by Gasteiger charge is -2.30. The highest BCUT2D eigenvalue weighted by atomic mass is 127. The summed E-state index contributed by atoms with van der Waals surface area (Å²) in [5.41, 5.74) is 0. The molecule has 6 nitrogen and oxygen atoms in total. The van der Waals surface area contributed by atoms with Crippen LogP contribution in [0.15, 0.2) is 4.99 Å². The Morgan fingerprint density at radius 1 is 1.10 bits per heavy atom. The van der Waals surface area contributed by atoms with Crippen molar-refractivity contribution in [3.05, 3.63) is 0 Å². The van der Waals surface area contributed by atoms with E-state index in [-0.39, 0.29) is 24.0 Å². The van der Waals surface area contributed by atoms with Crippen LogP contribution in [-0.4, -0.2) is 58.2 Å². The molecule has 2 N–H and O–H groups in total. The van der Waals surface area contributed by atoms with Crippen LogP contribution in [0.25, 0.3) is 0 Å². The van der Waals surface area contributed by atoms with E-state index in [1.807, 2.05) is 0 Å². The predicted molar refractivity (Wildman–Crippen MR) is 96.6 cm³/mol. The summed E-state index contributed by atoms with van der Waals surface area (Å²) in [5.74, 6) is 2.21. The average molecular weight is 430 g/mol. The van der Waals surface area contributed by atoms with Gasteiger partial charge in [-0.1, -0.05) is 0 Å². The molecule has 0 spiro atoms. The van der Waals surface area contributed by atoms with Crippen LogP contribution >= 0.6 is 24.0 Å². The third kappa shape index (κ3) is 6.68. The van der Waals surface area contributed by atoms with Crippen molar-refractivity contribution in [2.75, 3.05) is 39.5 Å². The summed E-state index contributed by atoms with van der Waals surface area (Å²) in [4.78, 5) is 4.21. The lowest BCUT2D eigenvalue weighted by molar-refractivity contribution is 0.275. The van der Waals surface area contributed by atoms with Crippen LogP contribution in [0.2, 0.25) is 0 Å². The van der Waals surface area contributed by atoms with Gasteiger partial charge in [-0.3, -0.25) is 4.99 Å². The van der Waals surface area contributed by atoms with Crippen molar-refractivity contribution in [2.24, 2.45) is 16.8 Å². The van der Waals surface area contributed by atoms with Gasteiger partial charge in [0.15, 0.2) is 5.96 Å². The van der Waals surface area contributed by atoms with Crippen molar-refractivity contribution in [1.82, 2.24) is 14.9 Å². The quantitative estimate of drug-likeness (QED) is 0.386. The Morgan fingerprint density at radius 2 is 1.57 bits per heavy atom. The second kappa shape index (κ2) is 8.52. The summed E-state index contributed by atoms with van der Waals surface area (Å²) in [6, 6.07) is 0. The number of piperidine rings is 1. The molecule has 0 aromatic heterocycles. The van der Waals surface area contributed by atoms with Crippen molar-refractivity contribution in [1.29, 1.82) is 0 Å². The molecule has 0 aromatic rings. The van der Waals surface area contributed by atoms with Gasteiger partial charge in [0, 0.05) is 33.2 Å². The number of guanidine groups is 1. The van der Waals surface area contributed by atoms with E-state index in [4.69, 9.17) is 0 Å². The number of nitrogens with one attached hydrogen (secondary N) is 2. The molecular weight excluding hydrogens is 403 g/mol. The smallest absolute Gasteiger partial charge is 0.211 e.